The van der Waals surface area contributed by atoms with E-state index < -0.39 is 0 Å². The molecular weight excluding hydrogens is 376 g/mol. The Morgan fingerprint density at radius 2 is 2.03 bits per heavy atom. The number of fused-ring (bicyclic) bond motifs is 4. The molecule has 0 saturated carbocycles. The van der Waals surface area contributed by atoms with Gasteiger partial charge in [0.2, 0.25) is 0 Å². The fourth-order valence-corrected chi connectivity index (χ4v) is 4.63. The molecule has 4 heterocycles. The van der Waals surface area contributed by atoms with Gasteiger partial charge in [0.05, 0.1) is 29.1 Å². The van der Waals surface area contributed by atoms with Crippen molar-refractivity contribution in [2.45, 2.75) is 32.2 Å². The lowest BCUT2D eigenvalue weighted by molar-refractivity contribution is 0.0676. The van der Waals surface area contributed by atoms with E-state index in [1.54, 1.807) is 6.20 Å². The number of piperidine rings is 1. The van der Waals surface area contributed by atoms with Crippen molar-refractivity contribution in [2.75, 3.05) is 25.0 Å². The van der Waals surface area contributed by atoms with E-state index in [4.69, 9.17) is 4.74 Å². The van der Waals surface area contributed by atoms with Gasteiger partial charge in [0.15, 0.2) is 0 Å². The van der Waals surface area contributed by atoms with Crippen molar-refractivity contribution in [3.8, 4) is 11.4 Å². The maximum absolute atomic E-state index is 12.9. The summed E-state index contributed by atoms with van der Waals surface area (Å²) < 4.78 is 7.98. The molecule has 6 heteroatoms. The number of hydrogen-bond acceptors (Lipinski definition) is 4. The van der Waals surface area contributed by atoms with Gasteiger partial charge in [-0.1, -0.05) is 0 Å². The van der Waals surface area contributed by atoms with E-state index in [2.05, 4.69) is 45.3 Å². The quantitative estimate of drug-likeness (QED) is 0.715. The van der Waals surface area contributed by atoms with Crippen LogP contribution in [-0.4, -0.2) is 40.1 Å². The van der Waals surface area contributed by atoms with Crippen LogP contribution in [0.4, 0.5) is 5.69 Å². The number of hydrogen-bond donors (Lipinski definition) is 1. The molecule has 6 nitrogen and oxygen atoms in total. The van der Waals surface area contributed by atoms with Crippen LogP contribution in [0.25, 0.3) is 5.69 Å². The summed E-state index contributed by atoms with van der Waals surface area (Å²) in [5.41, 5.74) is 4.84. The van der Waals surface area contributed by atoms with Gasteiger partial charge >= 0.3 is 0 Å². The van der Waals surface area contributed by atoms with Crippen LogP contribution in [0.2, 0.25) is 0 Å². The van der Waals surface area contributed by atoms with Crippen molar-refractivity contribution in [1.82, 2.24) is 14.5 Å². The zero-order valence-corrected chi connectivity index (χ0v) is 17.4. The van der Waals surface area contributed by atoms with Crippen molar-refractivity contribution in [3.05, 3.63) is 71.8 Å². The summed E-state index contributed by atoms with van der Waals surface area (Å²) in [4.78, 5) is 19.2. The number of pyridine rings is 1. The number of benzene rings is 1. The zero-order chi connectivity index (χ0) is 20.7. The van der Waals surface area contributed by atoms with Gasteiger partial charge in [-0.3, -0.25) is 9.78 Å². The monoisotopic (exact) mass is 402 g/mol. The van der Waals surface area contributed by atoms with Gasteiger partial charge in [-0.2, -0.15) is 0 Å². The van der Waals surface area contributed by atoms with E-state index in [-0.39, 0.29) is 11.4 Å². The number of aryl methyl sites for hydroxylation is 1. The van der Waals surface area contributed by atoms with E-state index in [0.717, 1.165) is 35.7 Å². The van der Waals surface area contributed by atoms with Gasteiger partial charge in [0.25, 0.3) is 5.91 Å². The Balaban J connectivity index is 1.40. The largest absolute Gasteiger partial charge is 0.494 e. The van der Waals surface area contributed by atoms with E-state index in [1.807, 2.05) is 36.9 Å². The Morgan fingerprint density at radius 3 is 2.77 bits per heavy atom. The molecule has 2 aliphatic heterocycles. The van der Waals surface area contributed by atoms with Crippen LogP contribution >= 0.6 is 0 Å². The average Bonchev–Trinajstić information content (AvgIpc) is 3.26. The highest BCUT2D eigenvalue weighted by molar-refractivity contribution is 5.94. The van der Waals surface area contributed by atoms with Crippen molar-refractivity contribution in [1.29, 1.82) is 0 Å². The predicted octanol–water partition coefficient (Wildman–Crippen LogP) is 4.14. The molecule has 1 fully saturated rings. The van der Waals surface area contributed by atoms with Crippen LogP contribution in [0, 0.1) is 6.92 Å². The van der Waals surface area contributed by atoms with Crippen molar-refractivity contribution < 1.29 is 9.53 Å². The molecule has 2 aromatic heterocycles. The van der Waals surface area contributed by atoms with E-state index in [0.29, 0.717) is 25.3 Å². The molecule has 1 aromatic carbocycles. The maximum atomic E-state index is 12.9. The molecule has 1 amide bonds. The topological polar surface area (TPSA) is 59.4 Å². The molecule has 1 spiro atoms. The summed E-state index contributed by atoms with van der Waals surface area (Å²) >= 11 is 0. The van der Waals surface area contributed by atoms with Gasteiger partial charge in [-0.25, -0.2) is 0 Å². The lowest BCUT2D eigenvalue weighted by atomic mass is 9.82. The van der Waals surface area contributed by atoms with Crippen LogP contribution < -0.4 is 10.1 Å². The van der Waals surface area contributed by atoms with Crippen LogP contribution in [0.1, 0.15) is 41.5 Å². The van der Waals surface area contributed by atoms with Crippen molar-refractivity contribution in [2.24, 2.45) is 0 Å². The number of carbonyl (C=O) groups is 1. The molecule has 154 valence electrons. The molecule has 0 bridgehead atoms. The lowest BCUT2D eigenvalue weighted by Crippen LogP contribution is -2.51. The summed E-state index contributed by atoms with van der Waals surface area (Å²) in [7, 11) is 0. The summed E-state index contributed by atoms with van der Waals surface area (Å²) in [5, 5.41) is 3.81. The average molecular weight is 402 g/mol. The number of aromatic nitrogens is 2. The van der Waals surface area contributed by atoms with Gasteiger partial charge in [-0.05, 0) is 63.1 Å². The standard InChI is InChI=1S/C24H26N4O2/c1-3-30-19-8-9-21-20(15-19)26-24(22-5-4-12-28(21)22)10-13-27(14-11-24)23(29)18-7-6-17(2)25-16-18/h4-9,12,15-16,26H,3,10-11,13-14H2,1-2H3. The molecule has 5 rings (SSSR count). The predicted molar refractivity (Wildman–Crippen MR) is 116 cm³/mol. The first-order valence-electron chi connectivity index (χ1n) is 10.5. The van der Waals surface area contributed by atoms with Crippen molar-refractivity contribution in [3.63, 3.8) is 0 Å². The summed E-state index contributed by atoms with van der Waals surface area (Å²) in [6.07, 6.45) is 5.49. The summed E-state index contributed by atoms with van der Waals surface area (Å²) in [6.45, 7) is 5.96. The Hall–Kier alpha value is -3.28. The highest BCUT2D eigenvalue weighted by Gasteiger charge is 2.42. The molecule has 0 atom stereocenters. The minimum absolute atomic E-state index is 0.0579. The lowest BCUT2D eigenvalue weighted by Gasteiger charge is -2.46. The fourth-order valence-electron chi connectivity index (χ4n) is 4.63. The smallest absolute Gasteiger partial charge is 0.255 e. The zero-order valence-electron chi connectivity index (χ0n) is 17.4. The van der Waals surface area contributed by atoms with Crippen LogP contribution in [0.15, 0.2) is 54.9 Å². The van der Waals surface area contributed by atoms with Gasteiger partial charge in [0.1, 0.15) is 5.75 Å². The SMILES string of the molecule is CCOc1ccc2c(c1)NC1(CCN(C(=O)c3ccc(C)nc3)CC1)c1cccn1-2. The van der Waals surface area contributed by atoms with Crippen LogP contribution in [0.3, 0.4) is 0 Å². The second-order valence-corrected chi connectivity index (χ2v) is 8.06. The Bertz CT molecular complexity index is 1080. The third kappa shape index (κ3) is 3.03. The molecule has 3 aromatic rings. The Morgan fingerprint density at radius 1 is 1.20 bits per heavy atom. The van der Waals surface area contributed by atoms with Gasteiger partial charge in [0, 0.05) is 42.9 Å². The minimum Gasteiger partial charge on any atom is -0.494 e. The fraction of sp³-hybridized carbons (Fsp3) is 0.333. The van der Waals surface area contributed by atoms with E-state index in [1.165, 1.54) is 5.69 Å². The van der Waals surface area contributed by atoms with Crippen LogP contribution in [0.5, 0.6) is 5.75 Å². The van der Waals surface area contributed by atoms with Crippen molar-refractivity contribution >= 4 is 11.6 Å². The first-order valence-corrected chi connectivity index (χ1v) is 10.5. The highest BCUT2D eigenvalue weighted by Crippen LogP contribution is 2.44. The summed E-state index contributed by atoms with van der Waals surface area (Å²) in [6, 6.07) is 14.2. The number of amides is 1. The molecule has 2 aliphatic rings. The second kappa shape index (κ2) is 7.20. The molecule has 0 unspecified atom stereocenters. The highest BCUT2D eigenvalue weighted by atomic mass is 16.5. The van der Waals surface area contributed by atoms with Gasteiger partial charge < -0.3 is 19.5 Å². The number of likely N-dealkylation sites (tertiary alicyclic amines) is 1. The third-order valence-corrected chi connectivity index (χ3v) is 6.21. The molecule has 30 heavy (non-hydrogen) atoms. The number of nitrogens with zero attached hydrogens (tertiary/aromatic N) is 3. The number of nitrogens with one attached hydrogen (secondary N) is 1. The minimum atomic E-state index is -0.191. The first kappa shape index (κ1) is 18.7. The Kier molecular flexibility index (Phi) is 4.50. The molecule has 1 saturated heterocycles. The van der Waals surface area contributed by atoms with Crippen LogP contribution in [-0.2, 0) is 5.54 Å². The molecular formula is C24H26N4O2. The first-order chi connectivity index (χ1) is 14.6. The normalized spacial score (nSPS) is 16.5. The maximum Gasteiger partial charge on any atom is 0.255 e. The Labute approximate surface area is 176 Å². The number of anilines is 1. The summed E-state index contributed by atoms with van der Waals surface area (Å²) in [5.74, 6) is 0.927. The number of rotatable bonds is 3. The van der Waals surface area contributed by atoms with Gasteiger partial charge in [-0.15, -0.1) is 0 Å². The number of ether oxygens (including phenoxy) is 1. The molecule has 1 N–H and O–H groups in total. The van der Waals surface area contributed by atoms with E-state index in [9.17, 15) is 4.79 Å². The second-order valence-electron chi connectivity index (χ2n) is 8.06. The number of carbonyl (C=O) groups excluding carboxylic acids is 1. The van der Waals surface area contributed by atoms with E-state index >= 15 is 0 Å². The molecule has 0 aliphatic carbocycles. The third-order valence-electron chi connectivity index (χ3n) is 6.21. The molecule has 0 radical (unpaired) electrons.